The van der Waals surface area contributed by atoms with Crippen molar-refractivity contribution in [3.8, 4) is 0 Å². The van der Waals surface area contributed by atoms with Crippen LogP contribution in [0, 0.1) is 6.92 Å². The molecule has 0 bridgehead atoms. The SMILES string of the molecule is Cc1c(Cl)cnn1CCCCC(C)(N)CO. The van der Waals surface area contributed by atoms with E-state index in [9.17, 15) is 0 Å². The van der Waals surface area contributed by atoms with Gasteiger partial charge in [0, 0.05) is 12.1 Å². The molecule has 0 aliphatic heterocycles. The van der Waals surface area contributed by atoms with Gasteiger partial charge in [-0.2, -0.15) is 5.10 Å². The molecule has 16 heavy (non-hydrogen) atoms. The van der Waals surface area contributed by atoms with E-state index >= 15 is 0 Å². The molecule has 0 fully saturated rings. The van der Waals surface area contributed by atoms with Gasteiger partial charge in [0.2, 0.25) is 0 Å². The van der Waals surface area contributed by atoms with Gasteiger partial charge in [0.05, 0.1) is 23.5 Å². The molecule has 0 saturated heterocycles. The summed E-state index contributed by atoms with van der Waals surface area (Å²) in [6, 6.07) is 0. The van der Waals surface area contributed by atoms with Gasteiger partial charge < -0.3 is 10.8 Å². The second-order valence-corrected chi connectivity index (χ2v) is 4.98. The molecular weight excluding hydrogens is 226 g/mol. The Labute approximate surface area is 101 Å². The van der Waals surface area contributed by atoms with E-state index in [2.05, 4.69) is 5.10 Å². The zero-order chi connectivity index (χ0) is 12.2. The number of hydrogen-bond donors (Lipinski definition) is 2. The van der Waals surface area contributed by atoms with Crippen LogP contribution in [0.15, 0.2) is 6.20 Å². The average Bonchev–Trinajstić information content (AvgIpc) is 2.56. The molecule has 1 atom stereocenters. The second-order valence-electron chi connectivity index (χ2n) is 4.57. The van der Waals surface area contributed by atoms with Gasteiger partial charge in [-0.05, 0) is 33.1 Å². The van der Waals surface area contributed by atoms with Gasteiger partial charge in [0.25, 0.3) is 0 Å². The summed E-state index contributed by atoms with van der Waals surface area (Å²) in [5, 5.41) is 13.9. The molecule has 0 saturated carbocycles. The van der Waals surface area contributed by atoms with Gasteiger partial charge in [-0.3, -0.25) is 4.68 Å². The Balaban J connectivity index is 2.29. The Hall–Kier alpha value is -0.580. The normalized spacial score (nSPS) is 15.1. The number of aryl methyl sites for hydroxylation is 1. The summed E-state index contributed by atoms with van der Waals surface area (Å²) in [6.07, 6.45) is 4.45. The largest absolute Gasteiger partial charge is 0.394 e. The smallest absolute Gasteiger partial charge is 0.0814 e. The number of aliphatic hydroxyl groups is 1. The highest BCUT2D eigenvalue weighted by molar-refractivity contribution is 6.31. The fourth-order valence-electron chi connectivity index (χ4n) is 1.52. The molecule has 0 aliphatic carbocycles. The first-order valence-corrected chi connectivity index (χ1v) is 5.92. The quantitative estimate of drug-likeness (QED) is 0.751. The van der Waals surface area contributed by atoms with Crippen molar-refractivity contribution < 1.29 is 5.11 Å². The Morgan fingerprint density at radius 1 is 1.56 bits per heavy atom. The fourth-order valence-corrected chi connectivity index (χ4v) is 1.66. The number of aliphatic hydroxyl groups excluding tert-OH is 1. The lowest BCUT2D eigenvalue weighted by molar-refractivity contribution is 0.197. The molecule has 0 amide bonds. The van der Waals surface area contributed by atoms with E-state index in [1.54, 1.807) is 6.20 Å². The molecule has 1 aromatic rings. The number of nitrogens with two attached hydrogens (primary N) is 1. The summed E-state index contributed by atoms with van der Waals surface area (Å²) in [6.45, 7) is 4.69. The first-order chi connectivity index (χ1) is 7.46. The highest BCUT2D eigenvalue weighted by Crippen LogP contribution is 2.15. The number of aromatic nitrogens is 2. The van der Waals surface area contributed by atoms with Crippen molar-refractivity contribution in [1.29, 1.82) is 0 Å². The summed E-state index contributed by atoms with van der Waals surface area (Å²) >= 11 is 5.90. The fraction of sp³-hybridized carbons (Fsp3) is 0.727. The van der Waals surface area contributed by atoms with Crippen LogP contribution in [0.1, 0.15) is 31.9 Å². The molecule has 0 spiro atoms. The third-order valence-corrected chi connectivity index (χ3v) is 3.14. The average molecular weight is 246 g/mol. The van der Waals surface area contributed by atoms with Crippen LogP contribution in [0.5, 0.6) is 0 Å². The molecule has 1 heterocycles. The monoisotopic (exact) mass is 245 g/mol. The predicted octanol–water partition coefficient (Wildman–Crippen LogP) is 1.72. The Morgan fingerprint density at radius 3 is 2.75 bits per heavy atom. The van der Waals surface area contributed by atoms with Gasteiger partial charge in [0.1, 0.15) is 0 Å². The summed E-state index contributed by atoms with van der Waals surface area (Å²) in [4.78, 5) is 0. The highest BCUT2D eigenvalue weighted by Gasteiger charge is 2.15. The number of halogens is 1. The maximum Gasteiger partial charge on any atom is 0.0814 e. The van der Waals surface area contributed by atoms with Crippen molar-refractivity contribution in [2.24, 2.45) is 5.73 Å². The minimum absolute atomic E-state index is 0.0274. The summed E-state index contributed by atoms with van der Waals surface area (Å²) in [7, 11) is 0. The molecule has 0 radical (unpaired) electrons. The standard InChI is InChI=1S/C11H20ClN3O/c1-9-10(12)7-14-15(9)6-4-3-5-11(2,13)8-16/h7,16H,3-6,8,13H2,1-2H3. The molecule has 5 heteroatoms. The lowest BCUT2D eigenvalue weighted by atomic mass is 9.97. The number of hydrogen-bond acceptors (Lipinski definition) is 3. The molecule has 1 aromatic heterocycles. The van der Waals surface area contributed by atoms with Crippen LogP contribution < -0.4 is 5.73 Å². The van der Waals surface area contributed by atoms with E-state index in [0.717, 1.165) is 31.5 Å². The van der Waals surface area contributed by atoms with Crippen LogP contribution >= 0.6 is 11.6 Å². The predicted molar refractivity (Wildman–Crippen MR) is 65.5 cm³/mol. The number of nitrogens with zero attached hydrogens (tertiary/aromatic N) is 2. The zero-order valence-electron chi connectivity index (χ0n) is 9.91. The minimum atomic E-state index is -0.462. The maximum absolute atomic E-state index is 9.00. The minimum Gasteiger partial charge on any atom is -0.394 e. The Kier molecular flexibility index (Phi) is 4.77. The number of unbranched alkanes of at least 4 members (excludes halogenated alkanes) is 1. The molecule has 4 nitrogen and oxygen atoms in total. The van der Waals surface area contributed by atoms with Crippen LogP contribution in [-0.4, -0.2) is 27.0 Å². The van der Waals surface area contributed by atoms with E-state index in [4.69, 9.17) is 22.4 Å². The maximum atomic E-state index is 9.00. The van der Waals surface area contributed by atoms with Gasteiger partial charge in [-0.25, -0.2) is 0 Å². The van der Waals surface area contributed by atoms with Gasteiger partial charge >= 0.3 is 0 Å². The van der Waals surface area contributed by atoms with Gasteiger partial charge in [0.15, 0.2) is 0 Å². The third kappa shape index (κ3) is 3.77. The summed E-state index contributed by atoms with van der Waals surface area (Å²) < 4.78 is 1.90. The number of rotatable bonds is 6. The van der Waals surface area contributed by atoms with Crippen molar-refractivity contribution in [1.82, 2.24) is 9.78 Å². The molecule has 1 unspecified atom stereocenters. The third-order valence-electron chi connectivity index (χ3n) is 2.77. The highest BCUT2D eigenvalue weighted by atomic mass is 35.5. The molecule has 1 rings (SSSR count). The Morgan fingerprint density at radius 2 is 2.25 bits per heavy atom. The van der Waals surface area contributed by atoms with Crippen molar-refractivity contribution >= 4 is 11.6 Å². The van der Waals surface area contributed by atoms with Crippen molar-refractivity contribution in [3.63, 3.8) is 0 Å². The van der Waals surface area contributed by atoms with E-state index in [1.807, 2.05) is 18.5 Å². The first kappa shape index (κ1) is 13.5. The summed E-state index contributed by atoms with van der Waals surface area (Å²) in [5.41, 5.74) is 6.37. The van der Waals surface area contributed by atoms with Crippen LogP contribution in [0.2, 0.25) is 5.02 Å². The van der Waals surface area contributed by atoms with E-state index in [0.29, 0.717) is 5.02 Å². The van der Waals surface area contributed by atoms with Crippen LogP contribution in [0.3, 0.4) is 0 Å². The first-order valence-electron chi connectivity index (χ1n) is 5.54. The molecule has 92 valence electrons. The molecule has 3 N–H and O–H groups in total. The van der Waals surface area contributed by atoms with Crippen LogP contribution in [0.4, 0.5) is 0 Å². The molecule has 0 aliphatic rings. The molecule has 0 aromatic carbocycles. The lowest BCUT2D eigenvalue weighted by Gasteiger charge is -2.21. The topological polar surface area (TPSA) is 64.1 Å². The zero-order valence-corrected chi connectivity index (χ0v) is 10.7. The summed E-state index contributed by atoms with van der Waals surface area (Å²) in [5.74, 6) is 0. The lowest BCUT2D eigenvalue weighted by Crippen LogP contribution is -2.39. The van der Waals surface area contributed by atoms with E-state index in [-0.39, 0.29) is 6.61 Å². The molecular formula is C11H20ClN3O. The van der Waals surface area contributed by atoms with Gasteiger partial charge in [-0.15, -0.1) is 0 Å². The van der Waals surface area contributed by atoms with Gasteiger partial charge in [-0.1, -0.05) is 11.6 Å². The van der Waals surface area contributed by atoms with Crippen LogP contribution in [0.25, 0.3) is 0 Å². The Bertz CT molecular complexity index is 336. The van der Waals surface area contributed by atoms with Crippen molar-refractivity contribution in [3.05, 3.63) is 16.9 Å². The van der Waals surface area contributed by atoms with E-state index < -0.39 is 5.54 Å². The second kappa shape index (κ2) is 5.66. The van der Waals surface area contributed by atoms with Crippen LogP contribution in [-0.2, 0) is 6.54 Å². The van der Waals surface area contributed by atoms with Crippen molar-refractivity contribution in [2.45, 2.75) is 45.2 Å². The van der Waals surface area contributed by atoms with E-state index in [1.165, 1.54) is 0 Å². The van der Waals surface area contributed by atoms with Crippen molar-refractivity contribution in [2.75, 3.05) is 6.61 Å².